The summed E-state index contributed by atoms with van der Waals surface area (Å²) in [6.07, 6.45) is 2.96. The lowest BCUT2D eigenvalue weighted by molar-refractivity contribution is 0.0728. The Morgan fingerprint density at radius 2 is 1.77 bits per heavy atom. The van der Waals surface area contributed by atoms with Crippen molar-refractivity contribution >= 4 is 17.5 Å². The molecule has 0 radical (unpaired) electrons. The van der Waals surface area contributed by atoms with Crippen molar-refractivity contribution in [2.24, 2.45) is 0 Å². The summed E-state index contributed by atoms with van der Waals surface area (Å²) in [4.78, 5) is 31.7. The van der Waals surface area contributed by atoms with Crippen LogP contribution in [0.3, 0.4) is 0 Å². The zero-order valence-electron chi connectivity index (χ0n) is 18.8. The molecule has 2 amide bonds. The molecular weight excluding hydrogens is 443 g/mol. The lowest BCUT2D eigenvalue weighted by Gasteiger charge is -2.27. The van der Waals surface area contributed by atoms with Crippen molar-refractivity contribution in [3.8, 4) is 0 Å². The van der Waals surface area contributed by atoms with Crippen molar-refractivity contribution in [3.63, 3.8) is 0 Å². The van der Waals surface area contributed by atoms with Gasteiger partial charge in [0.2, 0.25) is 0 Å². The number of nitrogens with zero attached hydrogens (tertiary/aromatic N) is 2. The maximum Gasteiger partial charge on any atom is 0.256 e. The lowest BCUT2D eigenvalue weighted by Crippen LogP contribution is -2.32. The van der Waals surface area contributed by atoms with Crippen LogP contribution in [0.2, 0.25) is 0 Å². The van der Waals surface area contributed by atoms with E-state index in [4.69, 9.17) is 0 Å². The smallest absolute Gasteiger partial charge is 0.256 e. The van der Waals surface area contributed by atoms with Crippen LogP contribution in [0.25, 0.3) is 0 Å². The maximum absolute atomic E-state index is 13.4. The van der Waals surface area contributed by atoms with E-state index >= 15 is 0 Å². The van der Waals surface area contributed by atoms with Gasteiger partial charge in [0, 0.05) is 47.9 Å². The molecule has 1 aliphatic heterocycles. The van der Waals surface area contributed by atoms with Gasteiger partial charge < -0.3 is 15.5 Å². The molecule has 0 saturated carbocycles. The van der Waals surface area contributed by atoms with Crippen LogP contribution in [-0.4, -0.2) is 21.7 Å². The molecule has 0 spiro atoms. The number of anilines is 1. The predicted octanol–water partition coefficient (Wildman–Crippen LogP) is 4.92. The normalized spacial score (nSPS) is 14.5. The molecule has 35 heavy (non-hydrogen) atoms. The van der Waals surface area contributed by atoms with E-state index in [1.165, 1.54) is 12.1 Å². The van der Waals surface area contributed by atoms with Crippen molar-refractivity contribution in [3.05, 3.63) is 131 Å². The molecule has 2 heterocycles. The highest BCUT2D eigenvalue weighted by Crippen LogP contribution is 2.35. The van der Waals surface area contributed by atoms with Crippen molar-refractivity contribution < 1.29 is 14.0 Å². The monoisotopic (exact) mass is 466 g/mol. The second kappa shape index (κ2) is 9.77. The van der Waals surface area contributed by atoms with Crippen LogP contribution in [0.15, 0.2) is 97.3 Å². The van der Waals surface area contributed by atoms with Crippen molar-refractivity contribution in [2.45, 2.75) is 19.3 Å². The third-order valence-corrected chi connectivity index (χ3v) is 5.93. The van der Waals surface area contributed by atoms with Gasteiger partial charge in [-0.25, -0.2) is 4.39 Å². The summed E-state index contributed by atoms with van der Waals surface area (Å²) >= 11 is 0. The minimum absolute atomic E-state index is 0.104. The van der Waals surface area contributed by atoms with E-state index in [1.807, 2.05) is 36.4 Å². The van der Waals surface area contributed by atoms with E-state index in [-0.39, 0.29) is 17.6 Å². The minimum atomic E-state index is -0.433. The minimum Gasteiger partial charge on any atom is -0.361 e. The van der Waals surface area contributed by atoms with Crippen LogP contribution in [0.1, 0.15) is 43.6 Å². The largest absolute Gasteiger partial charge is 0.361 e. The van der Waals surface area contributed by atoms with Crippen LogP contribution >= 0.6 is 0 Å². The molecule has 1 aliphatic rings. The third-order valence-electron chi connectivity index (χ3n) is 5.93. The zero-order chi connectivity index (χ0) is 24.2. The molecule has 4 aromatic rings. The van der Waals surface area contributed by atoms with E-state index in [0.29, 0.717) is 29.9 Å². The fraction of sp³-hybridized carbons (Fsp3) is 0.107. The van der Waals surface area contributed by atoms with E-state index in [0.717, 1.165) is 16.7 Å². The fourth-order valence-corrected chi connectivity index (χ4v) is 4.17. The molecule has 0 fully saturated rings. The number of halogens is 1. The quantitative estimate of drug-likeness (QED) is 0.406. The molecule has 6 nitrogen and oxygen atoms in total. The van der Waals surface area contributed by atoms with E-state index in [2.05, 4.69) is 15.6 Å². The highest BCUT2D eigenvalue weighted by atomic mass is 19.1. The summed E-state index contributed by atoms with van der Waals surface area (Å²) in [6.45, 7) is 0.691. The van der Waals surface area contributed by atoms with Crippen LogP contribution in [0.5, 0.6) is 0 Å². The Hall–Kier alpha value is -4.52. The topological polar surface area (TPSA) is 74.3 Å². The first kappa shape index (κ1) is 22.3. The second-order valence-electron chi connectivity index (χ2n) is 8.32. The first-order valence-electron chi connectivity index (χ1n) is 11.3. The highest BCUT2D eigenvalue weighted by Gasteiger charge is 2.36. The highest BCUT2D eigenvalue weighted by molar-refractivity contribution is 5.99. The number of hydrogen-bond donors (Lipinski definition) is 2. The molecule has 1 unspecified atom stereocenters. The number of benzene rings is 3. The summed E-state index contributed by atoms with van der Waals surface area (Å²) in [6, 6.07) is 24.5. The number of aromatic nitrogens is 1. The van der Waals surface area contributed by atoms with Gasteiger partial charge in [0.05, 0.1) is 0 Å². The summed E-state index contributed by atoms with van der Waals surface area (Å²) in [7, 11) is 0. The molecule has 5 rings (SSSR count). The Labute approximate surface area is 202 Å². The van der Waals surface area contributed by atoms with Crippen molar-refractivity contribution in [1.82, 2.24) is 15.2 Å². The lowest BCUT2D eigenvalue weighted by atomic mass is 10.1. The van der Waals surface area contributed by atoms with Crippen LogP contribution in [0.4, 0.5) is 10.1 Å². The number of amides is 2. The van der Waals surface area contributed by atoms with Crippen LogP contribution in [-0.2, 0) is 13.1 Å². The number of rotatable bonds is 7. The van der Waals surface area contributed by atoms with Gasteiger partial charge in [-0.3, -0.25) is 14.6 Å². The Bertz CT molecular complexity index is 1360. The first-order chi connectivity index (χ1) is 17.1. The van der Waals surface area contributed by atoms with Gasteiger partial charge >= 0.3 is 0 Å². The zero-order valence-corrected chi connectivity index (χ0v) is 18.8. The SMILES string of the molecule is O=C(NCc1cccnc1)c1cccc(NC2c3ccccc3C(=O)N2Cc2ccc(F)cc2)c1. The number of fused-ring (bicyclic) bond motifs is 1. The van der Waals surface area contributed by atoms with Crippen molar-refractivity contribution in [2.75, 3.05) is 5.32 Å². The maximum atomic E-state index is 13.4. The molecule has 2 N–H and O–H groups in total. The molecule has 1 aromatic heterocycles. The summed E-state index contributed by atoms with van der Waals surface area (Å²) in [5.74, 6) is -0.630. The van der Waals surface area contributed by atoms with Gasteiger partial charge in [0.1, 0.15) is 12.0 Å². The summed E-state index contributed by atoms with van der Waals surface area (Å²) < 4.78 is 13.4. The molecular formula is C28H23FN4O2. The van der Waals surface area contributed by atoms with Gasteiger partial charge in [-0.05, 0) is 53.6 Å². The first-order valence-corrected chi connectivity index (χ1v) is 11.3. The number of carbonyl (C=O) groups excluding carboxylic acids is 2. The standard InChI is InChI=1S/C28H23FN4O2/c29-22-12-10-19(11-13-22)18-33-26(24-8-1-2-9-25(24)28(33)35)32-23-7-3-6-21(15-23)27(34)31-17-20-5-4-14-30-16-20/h1-16,26,32H,17-18H2,(H,31,34). The molecule has 0 saturated heterocycles. The Kier molecular flexibility index (Phi) is 6.22. The second-order valence-corrected chi connectivity index (χ2v) is 8.32. The average molecular weight is 467 g/mol. The van der Waals surface area contributed by atoms with Gasteiger partial charge in [-0.1, -0.05) is 42.5 Å². The number of carbonyl (C=O) groups is 2. The Balaban J connectivity index is 1.36. The molecule has 0 bridgehead atoms. The number of hydrogen-bond acceptors (Lipinski definition) is 4. The number of pyridine rings is 1. The number of nitrogens with one attached hydrogen (secondary N) is 2. The molecule has 0 aliphatic carbocycles. The molecule has 7 heteroatoms. The summed E-state index contributed by atoms with van der Waals surface area (Å²) in [5, 5.41) is 6.32. The summed E-state index contributed by atoms with van der Waals surface area (Å²) in [5.41, 5.74) is 4.42. The van der Waals surface area contributed by atoms with E-state index < -0.39 is 6.17 Å². The van der Waals surface area contributed by atoms with Gasteiger partial charge in [0.15, 0.2) is 0 Å². The third kappa shape index (κ3) is 4.89. The van der Waals surface area contributed by atoms with Gasteiger partial charge in [0.25, 0.3) is 11.8 Å². The Morgan fingerprint density at radius 3 is 2.57 bits per heavy atom. The Morgan fingerprint density at radius 1 is 0.943 bits per heavy atom. The van der Waals surface area contributed by atoms with E-state index in [1.54, 1.807) is 53.7 Å². The fourth-order valence-electron chi connectivity index (χ4n) is 4.17. The molecule has 174 valence electrons. The van der Waals surface area contributed by atoms with Gasteiger partial charge in [-0.15, -0.1) is 0 Å². The van der Waals surface area contributed by atoms with Crippen LogP contribution < -0.4 is 10.6 Å². The average Bonchev–Trinajstić information content (AvgIpc) is 3.15. The van der Waals surface area contributed by atoms with Gasteiger partial charge in [-0.2, -0.15) is 0 Å². The molecule has 3 aromatic carbocycles. The van der Waals surface area contributed by atoms with E-state index in [9.17, 15) is 14.0 Å². The predicted molar refractivity (Wildman–Crippen MR) is 131 cm³/mol. The van der Waals surface area contributed by atoms with Crippen LogP contribution in [0, 0.1) is 5.82 Å². The van der Waals surface area contributed by atoms with Crippen molar-refractivity contribution in [1.29, 1.82) is 0 Å². The molecule has 1 atom stereocenters.